The molecule has 2 unspecified atom stereocenters. The number of nitrogens with one attached hydrogen (secondary N) is 1. The molecular weight excluding hydrogens is 178 g/mol. The lowest BCUT2D eigenvalue weighted by Gasteiger charge is -2.15. The highest BCUT2D eigenvalue weighted by atomic mass is 16.3. The summed E-state index contributed by atoms with van der Waals surface area (Å²) in [6.07, 6.45) is 1.95. The van der Waals surface area contributed by atoms with Crippen LogP contribution in [0.5, 0.6) is 0 Å². The minimum Gasteiger partial charge on any atom is -0.393 e. The van der Waals surface area contributed by atoms with E-state index in [0.29, 0.717) is 6.42 Å². The maximum Gasteiger partial charge on any atom is 0.129 e. The van der Waals surface area contributed by atoms with Gasteiger partial charge in [0.15, 0.2) is 0 Å². The predicted molar refractivity (Wildman–Crippen MR) is 56.2 cm³/mol. The predicted octanol–water partition coefficient (Wildman–Crippen LogP) is 1.36. The van der Waals surface area contributed by atoms with Crippen LogP contribution in [0.15, 0.2) is 12.4 Å². The van der Waals surface area contributed by atoms with E-state index in [2.05, 4.69) is 15.3 Å². The van der Waals surface area contributed by atoms with Gasteiger partial charge in [-0.25, -0.2) is 9.97 Å². The van der Waals surface area contributed by atoms with Crippen LogP contribution in [0.2, 0.25) is 0 Å². The van der Waals surface area contributed by atoms with Crippen molar-refractivity contribution in [3.63, 3.8) is 0 Å². The molecular formula is C10H17N3O. The number of aliphatic hydroxyl groups excluding tert-OH is 1. The Morgan fingerprint density at radius 2 is 2.14 bits per heavy atom. The van der Waals surface area contributed by atoms with Gasteiger partial charge in [-0.1, -0.05) is 0 Å². The maximum absolute atomic E-state index is 9.18. The fourth-order valence-electron chi connectivity index (χ4n) is 1.36. The van der Waals surface area contributed by atoms with E-state index in [-0.39, 0.29) is 12.1 Å². The van der Waals surface area contributed by atoms with Gasteiger partial charge in [0.1, 0.15) is 12.1 Å². The van der Waals surface area contributed by atoms with Crippen LogP contribution >= 0.6 is 0 Å². The van der Waals surface area contributed by atoms with Crippen LogP contribution in [0.25, 0.3) is 0 Å². The molecule has 1 heterocycles. The second kappa shape index (κ2) is 4.91. The Morgan fingerprint density at radius 1 is 1.43 bits per heavy atom. The van der Waals surface area contributed by atoms with Crippen molar-refractivity contribution in [1.29, 1.82) is 0 Å². The first-order valence-corrected chi connectivity index (χ1v) is 4.81. The molecule has 0 spiro atoms. The highest BCUT2D eigenvalue weighted by Gasteiger charge is 2.06. The van der Waals surface area contributed by atoms with Crippen molar-refractivity contribution in [2.75, 3.05) is 5.32 Å². The van der Waals surface area contributed by atoms with Gasteiger partial charge in [-0.05, 0) is 27.2 Å². The van der Waals surface area contributed by atoms with Gasteiger partial charge in [-0.15, -0.1) is 0 Å². The summed E-state index contributed by atoms with van der Waals surface area (Å²) in [5.41, 5.74) is 0.937. The lowest BCUT2D eigenvalue weighted by atomic mass is 10.1. The van der Waals surface area contributed by atoms with E-state index in [1.807, 2.05) is 19.9 Å². The number of aliphatic hydroxyl groups is 1. The third kappa shape index (κ3) is 3.70. The monoisotopic (exact) mass is 195 g/mol. The number of rotatable bonds is 4. The van der Waals surface area contributed by atoms with Gasteiger partial charge in [0.2, 0.25) is 0 Å². The molecule has 0 amide bonds. The molecule has 0 saturated heterocycles. The van der Waals surface area contributed by atoms with Crippen LogP contribution < -0.4 is 5.32 Å². The molecule has 14 heavy (non-hydrogen) atoms. The molecule has 0 saturated carbocycles. The minimum atomic E-state index is -0.291. The quantitative estimate of drug-likeness (QED) is 0.761. The molecule has 2 atom stereocenters. The number of aromatic nitrogens is 2. The number of hydrogen-bond acceptors (Lipinski definition) is 4. The maximum atomic E-state index is 9.18. The van der Waals surface area contributed by atoms with Gasteiger partial charge in [0, 0.05) is 17.8 Å². The van der Waals surface area contributed by atoms with Crippen LogP contribution in [-0.2, 0) is 0 Å². The first-order chi connectivity index (χ1) is 6.58. The molecule has 0 aliphatic heterocycles. The summed E-state index contributed by atoms with van der Waals surface area (Å²) in [5.74, 6) is 0.811. The van der Waals surface area contributed by atoms with Crippen LogP contribution in [-0.4, -0.2) is 27.2 Å². The molecule has 2 N–H and O–H groups in total. The Labute approximate surface area is 84.4 Å². The second-order valence-corrected chi connectivity index (χ2v) is 3.67. The Balaban J connectivity index is 2.51. The van der Waals surface area contributed by atoms with Gasteiger partial charge in [0.05, 0.1) is 6.10 Å². The molecule has 0 aliphatic rings. The zero-order valence-electron chi connectivity index (χ0n) is 8.86. The molecule has 0 aliphatic carbocycles. The normalized spacial score (nSPS) is 14.9. The lowest BCUT2D eigenvalue weighted by molar-refractivity contribution is 0.179. The Morgan fingerprint density at radius 3 is 2.71 bits per heavy atom. The summed E-state index contributed by atoms with van der Waals surface area (Å²) < 4.78 is 0. The van der Waals surface area contributed by atoms with E-state index in [0.717, 1.165) is 11.5 Å². The van der Waals surface area contributed by atoms with Crippen molar-refractivity contribution in [3.8, 4) is 0 Å². The lowest BCUT2D eigenvalue weighted by Crippen LogP contribution is -2.21. The smallest absolute Gasteiger partial charge is 0.129 e. The largest absolute Gasteiger partial charge is 0.393 e. The molecule has 1 rings (SSSR count). The Bertz CT molecular complexity index is 288. The zero-order valence-corrected chi connectivity index (χ0v) is 8.86. The fraction of sp³-hybridized carbons (Fsp3) is 0.600. The molecule has 1 aromatic heterocycles. The minimum absolute atomic E-state index is 0.212. The van der Waals surface area contributed by atoms with E-state index < -0.39 is 0 Å². The SMILES string of the molecule is Cc1cc(NC(C)CC(C)O)ncn1. The van der Waals surface area contributed by atoms with Crippen LogP contribution in [0, 0.1) is 6.92 Å². The number of aryl methyl sites for hydroxylation is 1. The van der Waals surface area contributed by atoms with Crippen molar-refractivity contribution >= 4 is 5.82 Å². The van der Waals surface area contributed by atoms with E-state index in [1.165, 1.54) is 6.33 Å². The van der Waals surface area contributed by atoms with Crippen molar-refractivity contribution in [2.45, 2.75) is 39.3 Å². The Kier molecular flexibility index (Phi) is 3.83. The highest BCUT2D eigenvalue weighted by molar-refractivity contribution is 5.35. The van der Waals surface area contributed by atoms with Gasteiger partial charge >= 0.3 is 0 Å². The first-order valence-electron chi connectivity index (χ1n) is 4.81. The van der Waals surface area contributed by atoms with E-state index in [1.54, 1.807) is 6.92 Å². The van der Waals surface area contributed by atoms with Gasteiger partial charge in [-0.3, -0.25) is 0 Å². The topological polar surface area (TPSA) is 58.0 Å². The first kappa shape index (κ1) is 10.9. The number of hydrogen-bond donors (Lipinski definition) is 2. The van der Waals surface area contributed by atoms with Crippen molar-refractivity contribution in [3.05, 3.63) is 18.1 Å². The average Bonchev–Trinajstić information content (AvgIpc) is 2.01. The summed E-state index contributed by atoms with van der Waals surface area (Å²) in [4.78, 5) is 8.09. The number of anilines is 1. The highest BCUT2D eigenvalue weighted by Crippen LogP contribution is 2.07. The second-order valence-electron chi connectivity index (χ2n) is 3.67. The summed E-state index contributed by atoms with van der Waals surface area (Å²) >= 11 is 0. The van der Waals surface area contributed by atoms with Crippen molar-refractivity contribution in [1.82, 2.24) is 9.97 Å². The molecule has 0 bridgehead atoms. The van der Waals surface area contributed by atoms with Crippen LogP contribution in [0.3, 0.4) is 0 Å². The zero-order chi connectivity index (χ0) is 10.6. The summed E-state index contributed by atoms with van der Waals surface area (Å²) in [5, 5.41) is 12.4. The molecule has 0 aromatic carbocycles. The van der Waals surface area contributed by atoms with Crippen LogP contribution in [0.4, 0.5) is 5.82 Å². The average molecular weight is 195 g/mol. The summed E-state index contributed by atoms with van der Waals surface area (Å²) in [6.45, 7) is 5.72. The number of nitrogens with zero attached hydrogens (tertiary/aromatic N) is 2. The third-order valence-corrected chi connectivity index (χ3v) is 1.89. The van der Waals surface area contributed by atoms with Gasteiger partial charge < -0.3 is 10.4 Å². The van der Waals surface area contributed by atoms with Crippen molar-refractivity contribution in [2.24, 2.45) is 0 Å². The molecule has 0 fully saturated rings. The molecule has 78 valence electrons. The fourth-order valence-corrected chi connectivity index (χ4v) is 1.36. The van der Waals surface area contributed by atoms with Gasteiger partial charge in [-0.2, -0.15) is 0 Å². The standard InChI is InChI=1S/C10H17N3O/c1-7-5-10(12-6-11-7)13-8(2)4-9(3)14/h5-6,8-9,14H,4H2,1-3H3,(H,11,12,13). The van der Waals surface area contributed by atoms with E-state index in [4.69, 9.17) is 0 Å². The molecule has 0 radical (unpaired) electrons. The summed E-state index contributed by atoms with van der Waals surface area (Å²) in [6, 6.07) is 2.10. The van der Waals surface area contributed by atoms with Crippen LogP contribution in [0.1, 0.15) is 26.0 Å². The van der Waals surface area contributed by atoms with Crippen molar-refractivity contribution < 1.29 is 5.11 Å². The van der Waals surface area contributed by atoms with E-state index in [9.17, 15) is 5.11 Å². The molecule has 4 nitrogen and oxygen atoms in total. The van der Waals surface area contributed by atoms with E-state index >= 15 is 0 Å². The molecule has 1 aromatic rings. The summed E-state index contributed by atoms with van der Waals surface area (Å²) in [7, 11) is 0. The van der Waals surface area contributed by atoms with Gasteiger partial charge in [0.25, 0.3) is 0 Å². The molecule has 4 heteroatoms. The third-order valence-electron chi connectivity index (χ3n) is 1.89. The Hall–Kier alpha value is -1.16.